The Kier molecular flexibility index (Phi) is 9.00. The lowest BCUT2D eigenvalue weighted by atomic mass is 9.95. The number of halogens is 2. The predicted molar refractivity (Wildman–Crippen MR) is 107 cm³/mol. The summed E-state index contributed by atoms with van der Waals surface area (Å²) in [4.78, 5) is 14.9. The first-order valence-corrected chi connectivity index (χ1v) is 8.72. The van der Waals surface area contributed by atoms with Crippen molar-refractivity contribution in [2.45, 2.75) is 38.2 Å². The number of nitrogens with zero attached hydrogens (tertiary/aromatic N) is 1. The van der Waals surface area contributed by atoms with E-state index in [1.165, 1.54) is 0 Å². The number of hydrogen-bond acceptors (Lipinski definition) is 4. The van der Waals surface area contributed by atoms with Gasteiger partial charge in [-0.05, 0) is 50.3 Å². The molecule has 0 unspecified atom stereocenters. The van der Waals surface area contributed by atoms with Gasteiger partial charge in [0.05, 0.1) is 17.5 Å². The van der Waals surface area contributed by atoms with Gasteiger partial charge in [-0.2, -0.15) is 0 Å². The monoisotopic (exact) mass is 389 g/mol. The van der Waals surface area contributed by atoms with Crippen LogP contribution in [0.15, 0.2) is 24.3 Å². The number of carbonyl (C=O) groups is 1. The van der Waals surface area contributed by atoms with E-state index >= 15 is 0 Å². The maximum absolute atomic E-state index is 12.6. The van der Waals surface area contributed by atoms with Gasteiger partial charge < -0.3 is 21.1 Å². The van der Waals surface area contributed by atoms with E-state index in [1.54, 1.807) is 0 Å². The smallest absolute Gasteiger partial charge is 0.227 e. The highest BCUT2D eigenvalue weighted by Gasteiger charge is 2.32. The molecule has 1 aliphatic carbocycles. The van der Waals surface area contributed by atoms with E-state index < -0.39 is 0 Å². The van der Waals surface area contributed by atoms with Crippen molar-refractivity contribution in [2.24, 2.45) is 17.6 Å². The molecule has 1 aromatic rings. The maximum Gasteiger partial charge on any atom is 0.227 e. The molecule has 25 heavy (non-hydrogen) atoms. The van der Waals surface area contributed by atoms with Crippen LogP contribution in [0.25, 0.3) is 0 Å². The molecule has 2 aliphatic rings. The van der Waals surface area contributed by atoms with Crippen molar-refractivity contribution in [2.75, 3.05) is 29.9 Å². The van der Waals surface area contributed by atoms with Crippen LogP contribution >= 0.6 is 24.8 Å². The molecule has 1 aromatic carbocycles. The molecule has 0 bridgehead atoms. The van der Waals surface area contributed by atoms with E-state index in [1.807, 2.05) is 24.3 Å². The number of nitrogens with two attached hydrogens (primary N) is 1. The van der Waals surface area contributed by atoms with Crippen LogP contribution in [0, 0.1) is 11.8 Å². The van der Waals surface area contributed by atoms with Crippen LogP contribution in [0.2, 0.25) is 0 Å². The lowest BCUT2D eigenvalue weighted by Gasteiger charge is -2.33. The molecule has 5 nitrogen and oxygen atoms in total. The third-order valence-electron chi connectivity index (χ3n) is 5.27. The first kappa shape index (κ1) is 22.0. The standard InChI is InChI=1S/C18H27N3O2.2ClH/c19-12-13-4-3-5-15(13)18(23)20-16-6-1-2-7-17(16)21-10-8-14(22)9-11-21;;/h1-2,6-7,13-15,22H,3-5,8-12,19H2,(H,20,23);2*1H/t13-,15-;;/m1../s1. The summed E-state index contributed by atoms with van der Waals surface area (Å²) in [6, 6.07) is 7.95. The lowest BCUT2D eigenvalue weighted by Crippen LogP contribution is -2.36. The molecule has 0 aromatic heterocycles. The van der Waals surface area contributed by atoms with Crippen LogP contribution in [0.1, 0.15) is 32.1 Å². The molecule has 2 fully saturated rings. The molecule has 1 saturated heterocycles. The lowest BCUT2D eigenvalue weighted by molar-refractivity contribution is -0.120. The molecule has 0 spiro atoms. The molecule has 1 heterocycles. The summed E-state index contributed by atoms with van der Waals surface area (Å²) < 4.78 is 0. The zero-order chi connectivity index (χ0) is 16.2. The molecule has 2 atom stereocenters. The average molecular weight is 390 g/mol. The number of hydrogen-bond donors (Lipinski definition) is 3. The highest BCUT2D eigenvalue weighted by atomic mass is 35.5. The number of aliphatic hydroxyl groups is 1. The summed E-state index contributed by atoms with van der Waals surface area (Å²) in [5.74, 6) is 0.450. The summed E-state index contributed by atoms with van der Waals surface area (Å²) >= 11 is 0. The zero-order valence-electron chi connectivity index (χ0n) is 14.4. The minimum Gasteiger partial charge on any atom is -0.393 e. The Morgan fingerprint density at radius 1 is 1.16 bits per heavy atom. The fraction of sp³-hybridized carbons (Fsp3) is 0.611. The highest BCUT2D eigenvalue weighted by Crippen LogP contribution is 2.34. The van der Waals surface area contributed by atoms with Crippen molar-refractivity contribution >= 4 is 42.1 Å². The van der Waals surface area contributed by atoms with E-state index in [0.717, 1.165) is 56.6 Å². The van der Waals surface area contributed by atoms with Gasteiger partial charge in [0.1, 0.15) is 0 Å². The summed E-state index contributed by atoms with van der Waals surface area (Å²) in [6.45, 7) is 2.23. The Labute approximate surface area is 162 Å². The van der Waals surface area contributed by atoms with Gasteiger partial charge in [0, 0.05) is 19.0 Å². The van der Waals surface area contributed by atoms with Crippen LogP contribution in [0.4, 0.5) is 11.4 Å². The van der Waals surface area contributed by atoms with Crippen LogP contribution in [0.3, 0.4) is 0 Å². The highest BCUT2D eigenvalue weighted by molar-refractivity contribution is 5.96. The molecule has 4 N–H and O–H groups in total. The minimum absolute atomic E-state index is 0. The zero-order valence-corrected chi connectivity index (χ0v) is 16.0. The van der Waals surface area contributed by atoms with Gasteiger partial charge in [0.2, 0.25) is 5.91 Å². The quantitative estimate of drug-likeness (QED) is 0.739. The third-order valence-corrected chi connectivity index (χ3v) is 5.27. The first-order valence-electron chi connectivity index (χ1n) is 8.72. The van der Waals surface area contributed by atoms with Crippen molar-refractivity contribution in [1.82, 2.24) is 0 Å². The predicted octanol–water partition coefficient (Wildman–Crippen LogP) is 2.80. The molecule has 0 radical (unpaired) electrons. The molecule has 7 heteroatoms. The largest absolute Gasteiger partial charge is 0.393 e. The van der Waals surface area contributed by atoms with Gasteiger partial charge >= 0.3 is 0 Å². The number of benzene rings is 1. The van der Waals surface area contributed by atoms with E-state index in [4.69, 9.17) is 5.73 Å². The van der Waals surface area contributed by atoms with E-state index in [0.29, 0.717) is 12.5 Å². The number of aliphatic hydroxyl groups excluding tert-OH is 1. The maximum atomic E-state index is 12.6. The van der Waals surface area contributed by atoms with Crippen molar-refractivity contribution in [3.8, 4) is 0 Å². The third kappa shape index (κ3) is 5.23. The second-order valence-corrected chi connectivity index (χ2v) is 6.76. The second kappa shape index (κ2) is 10.2. The number of rotatable bonds is 4. The van der Waals surface area contributed by atoms with Crippen molar-refractivity contribution in [3.63, 3.8) is 0 Å². The number of para-hydroxylation sites is 2. The van der Waals surface area contributed by atoms with Gasteiger partial charge in [-0.25, -0.2) is 0 Å². The van der Waals surface area contributed by atoms with Crippen molar-refractivity contribution in [3.05, 3.63) is 24.3 Å². The van der Waals surface area contributed by atoms with Crippen LogP contribution in [-0.2, 0) is 4.79 Å². The summed E-state index contributed by atoms with van der Waals surface area (Å²) in [5.41, 5.74) is 7.73. The normalized spacial score (nSPS) is 23.5. The van der Waals surface area contributed by atoms with Crippen LogP contribution < -0.4 is 16.0 Å². The topological polar surface area (TPSA) is 78.6 Å². The van der Waals surface area contributed by atoms with Crippen molar-refractivity contribution < 1.29 is 9.90 Å². The van der Waals surface area contributed by atoms with E-state index in [2.05, 4.69) is 10.2 Å². The number of amides is 1. The average Bonchev–Trinajstić information content (AvgIpc) is 3.05. The Balaban J connectivity index is 0.00000156. The molecule has 1 saturated carbocycles. The van der Waals surface area contributed by atoms with Gasteiger partial charge in [-0.3, -0.25) is 4.79 Å². The summed E-state index contributed by atoms with van der Waals surface area (Å²) in [6.07, 6.45) is 4.44. The SMILES string of the molecule is Cl.Cl.NC[C@H]1CCC[C@H]1C(=O)Nc1ccccc1N1CCC(O)CC1. The fourth-order valence-corrected chi connectivity index (χ4v) is 3.85. The molecule has 3 rings (SSSR count). The van der Waals surface area contributed by atoms with Gasteiger partial charge in [-0.1, -0.05) is 18.6 Å². The second-order valence-electron chi connectivity index (χ2n) is 6.76. The minimum atomic E-state index is -0.197. The molecular formula is C18H29Cl2N3O2. The number of carbonyl (C=O) groups excluding carboxylic acids is 1. The summed E-state index contributed by atoms with van der Waals surface area (Å²) in [5, 5.41) is 12.8. The summed E-state index contributed by atoms with van der Waals surface area (Å²) in [7, 11) is 0. The Hall–Kier alpha value is -1.01. The Morgan fingerprint density at radius 3 is 2.52 bits per heavy atom. The van der Waals surface area contributed by atoms with Gasteiger partial charge in [0.25, 0.3) is 0 Å². The Bertz CT molecular complexity index is 551. The Morgan fingerprint density at radius 2 is 1.84 bits per heavy atom. The number of anilines is 2. The van der Waals surface area contributed by atoms with E-state index in [9.17, 15) is 9.90 Å². The fourth-order valence-electron chi connectivity index (χ4n) is 3.85. The molecular weight excluding hydrogens is 361 g/mol. The molecule has 1 aliphatic heterocycles. The van der Waals surface area contributed by atoms with Crippen LogP contribution in [0.5, 0.6) is 0 Å². The van der Waals surface area contributed by atoms with Gasteiger partial charge in [0.15, 0.2) is 0 Å². The van der Waals surface area contributed by atoms with Crippen molar-refractivity contribution in [1.29, 1.82) is 0 Å². The molecule has 142 valence electrons. The number of nitrogens with one attached hydrogen (secondary N) is 1. The van der Waals surface area contributed by atoms with Crippen LogP contribution in [-0.4, -0.2) is 36.8 Å². The molecule has 1 amide bonds. The van der Waals surface area contributed by atoms with E-state index in [-0.39, 0.29) is 42.7 Å². The first-order chi connectivity index (χ1) is 11.2. The number of piperidine rings is 1. The van der Waals surface area contributed by atoms with Gasteiger partial charge in [-0.15, -0.1) is 24.8 Å².